The van der Waals surface area contributed by atoms with Crippen LogP contribution in [0.1, 0.15) is 62.1 Å². The van der Waals surface area contributed by atoms with Crippen LogP contribution < -0.4 is 0 Å². The van der Waals surface area contributed by atoms with Crippen LogP contribution in [-0.4, -0.2) is 55.2 Å². The summed E-state index contributed by atoms with van der Waals surface area (Å²) in [6.45, 7) is 1.63. The van der Waals surface area contributed by atoms with Gasteiger partial charge in [0.25, 0.3) is 0 Å². The molecule has 6 nitrogen and oxygen atoms in total. The molecule has 1 heterocycles. The second kappa shape index (κ2) is 10.4. The van der Waals surface area contributed by atoms with E-state index in [2.05, 4.69) is 0 Å². The lowest BCUT2D eigenvalue weighted by atomic mass is 9.70. The van der Waals surface area contributed by atoms with Gasteiger partial charge in [0.05, 0.1) is 16.9 Å². The Balaban J connectivity index is 1.63. The van der Waals surface area contributed by atoms with Crippen LogP contribution in [0.5, 0.6) is 0 Å². The quantitative estimate of drug-likeness (QED) is 0.375. The highest BCUT2D eigenvalue weighted by atomic mass is 32.2. The number of carboxylic acid groups (broad SMARTS) is 1. The Morgan fingerprint density at radius 1 is 0.886 bits per heavy atom. The predicted molar refractivity (Wildman–Crippen MR) is 143 cm³/mol. The number of likely N-dealkylation sites (tertiary alicyclic amines) is 1. The number of amides is 1. The summed E-state index contributed by atoms with van der Waals surface area (Å²) in [7, 11) is -4.43. The molecule has 2 aromatic carbocycles. The van der Waals surface area contributed by atoms with Gasteiger partial charge >= 0.3 is 24.0 Å². The summed E-state index contributed by atoms with van der Waals surface area (Å²) in [6, 6.07) is 7.75. The summed E-state index contributed by atoms with van der Waals surface area (Å²) in [4.78, 5) is 26.8. The molecule has 2 aromatic rings. The molecule has 14 heteroatoms. The van der Waals surface area contributed by atoms with Crippen molar-refractivity contribution in [3.05, 3.63) is 65.2 Å². The number of fused-ring (bicyclic) bond motifs is 3. The van der Waals surface area contributed by atoms with E-state index in [1.165, 1.54) is 29.2 Å². The van der Waals surface area contributed by atoms with Gasteiger partial charge in [-0.1, -0.05) is 43.3 Å². The Bertz CT molecular complexity index is 1550. The largest absolute Gasteiger partial charge is 0.481 e. The van der Waals surface area contributed by atoms with Crippen molar-refractivity contribution < 1.29 is 53.8 Å². The summed E-state index contributed by atoms with van der Waals surface area (Å²) in [5, 5.41) is 9.39. The summed E-state index contributed by atoms with van der Waals surface area (Å²) in [5.41, 5.74) is -8.61. The lowest BCUT2D eigenvalue weighted by molar-refractivity contribution is -0.348. The molecule has 0 aromatic heterocycles. The minimum atomic E-state index is -6.34. The van der Waals surface area contributed by atoms with Crippen molar-refractivity contribution >= 4 is 21.7 Å². The number of nitrogens with zero attached hydrogens (tertiary/aromatic N) is 1. The van der Waals surface area contributed by atoms with Gasteiger partial charge in [-0.05, 0) is 68.2 Å². The molecule has 1 N–H and O–H groups in total. The fourth-order valence-corrected chi connectivity index (χ4v) is 9.73. The van der Waals surface area contributed by atoms with Crippen LogP contribution in [0.15, 0.2) is 53.4 Å². The predicted octanol–water partition coefficient (Wildman–Crippen LogP) is 6.47. The topological polar surface area (TPSA) is 91.8 Å². The average molecular weight is 650 g/mol. The Hall–Kier alpha value is -3.16. The maximum absolute atomic E-state index is 15.0. The van der Waals surface area contributed by atoms with Gasteiger partial charge in [0, 0.05) is 17.5 Å². The maximum Gasteiger partial charge on any atom is 0.435 e. The summed E-state index contributed by atoms with van der Waals surface area (Å²) in [5.74, 6) is -1.96. The summed E-state index contributed by atoms with van der Waals surface area (Å²) in [6.07, 6.45) is -12.2. The Morgan fingerprint density at radius 3 is 2.02 bits per heavy atom. The standard InChI is InChI=1S/C30H30F7NO5S/c1-26(13-11-18(12-14-26)24(39)40)25(41)38-16-15-27(44(42,43)21-5-3-2-4-6-21)22-9-8-20(17-19(22)7-10-23(27)38)28(31,29(32,33)34)30(35,36)37/h2-6,8-9,17-18,23H,7,10-16H2,1H3,(H,39,40)/t18-,23-,26-,27-/m0/s1. The number of halogens is 7. The number of aryl methyl sites for hydroxylation is 1. The molecule has 0 spiro atoms. The van der Waals surface area contributed by atoms with Gasteiger partial charge in [0.15, 0.2) is 9.84 Å². The first-order valence-corrected chi connectivity index (χ1v) is 15.6. The van der Waals surface area contributed by atoms with Crippen molar-refractivity contribution in [2.75, 3.05) is 6.54 Å². The van der Waals surface area contributed by atoms with Gasteiger partial charge in [-0.2, -0.15) is 26.3 Å². The molecule has 0 unspecified atom stereocenters. The van der Waals surface area contributed by atoms with E-state index in [1.54, 1.807) is 13.0 Å². The number of carbonyl (C=O) groups excluding carboxylic acids is 1. The highest BCUT2D eigenvalue weighted by Gasteiger charge is 2.74. The zero-order valence-electron chi connectivity index (χ0n) is 23.5. The number of hydrogen-bond acceptors (Lipinski definition) is 4. The number of aliphatic carboxylic acids is 1. The van der Waals surface area contributed by atoms with E-state index in [0.29, 0.717) is 12.1 Å². The first-order chi connectivity index (χ1) is 20.3. The first-order valence-electron chi connectivity index (χ1n) is 14.1. The van der Waals surface area contributed by atoms with Crippen LogP contribution in [0.4, 0.5) is 30.7 Å². The molecule has 3 aliphatic rings. The van der Waals surface area contributed by atoms with E-state index >= 15 is 4.39 Å². The average Bonchev–Trinajstić information content (AvgIpc) is 3.37. The number of hydrogen-bond donors (Lipinski definition) is 1. The third-order valence-corrected chi connectivity index (χ3v) is 12.4. The molecule has 240 valence electrons. The van der Waals surface area contributed by atoms with Crippen molar-refractivity contribution in [2.24, 2.45) is 11.3 Å². The molecule has 2 fully saturated rings. The van der Waals surface area contributed by atoms with Crippen LogP contribution >= 0.6 is 0 Å². The first kappa shape index (κ1) is 32.2. The molecule has 1 saturated carbocycles. The van der Waals surface area contributed by atoms with E-state index in [9.17, 15) is 49.5 Å². The number of alkyl halides is 7. The Labute approximate surface area is 249 Å². The number of carbonyl (C=O) groups is 2. The molecular formula is C30H30F7NO5S. The number of carboxylic acids is 1. The normalized spacial score (nSPS) is 27.9. The Kier molecular flexibility index (Phi) is 7.66. The molecule has 0 radical (unpaired) electrons. The minimum Gasteiger partial charge on any atom is -0.481 e. The zero-order chi connectivity index (χ0) is 32.5. The zero-order valence-corrected chi connectivity index (χ0v) is 24.3. The lowest BCUT2D eigenvalue weighted by Crippen LogP contribution is -2.55. The molecule has 0 bridgehead atoms. The second-order valence-electron chi connectivity index (χ2n) is 12.2. The fourth-order valence-electron chi connectivity index (χ4n) is 7.35. The molecule has 1 aliphatic heterocycles. The van der Waals surface area contributed by atoms with Crippen LogP contribution in [0.3, 0.4) is 0 Å². The smallest absolute Gasteiger partial charge is 0.435 e. The Morgan fingerprint density at radius 2 is 1.48 bits per heavy atom. The second-order valence-corrected chi connectivity index (χ2v) is 14.4. The van der Waals surface area contributed by atoms with Crippen molar-refractivity contribution in [3.8, 4) is 0 Å². The third-order valence-electron chi connectivity index (χ3n) is 9.81. The number of benzene rings is 2. The van der Waals surface area contributed by atoms with Crippen molar-refractivity contribution in [1.29, 1.82) is 0 Å². The van der Waals surface area contributed by atoms with E-state index < -0.39 is 61.5 Å². The highest BCUT2D eigenvalue weighted by Crippen LogP contribution is 2.57. The molecule has 2 atom stereocenters. The van der Waals surface area contributed by atoms with Gasteiger partial charge in [-0.25, -0.2) is 12.8 Å². The molecular weight excluding hydrogens is 619 g/mol. The van der Waals surface area contributed by atoms with Crippen molar-refractivity contribution in [1.82, 2.24) is 4.90 Å². The molecule has 5 rings (SSSR count). The number of sulfone groups is 1. The van der Waals surface area contributed by atoms with Crippen LogP contribution in [-0.2, 0) is 36.3 Å². The molecule has 1 saturated heterocycles. The SMILES string of the molecule is C[C@]1(C(=O)N2CC[C@]3(S(=O)(=O)c4ccccc4)c4ccc(C(F)(C(F)(F)F)C(F)(F)F)cc4CC[C@H]23)CC[C@H](C(=O)O)CC1. The molecule has 44 heavy (non-hydrogen) atoms. The molecule has 1 amide bonds. The fraction of sp³-hybridized carbons (Fsp3) is 0.533. The third kappa shape index (κ3) is 4.61. The van der Waals surface area contributed by atoms with Gasteiger partial charge in [-0.15, -0.1) is 0 Å². The highest BCUT2D eigenvalue weighted by molar-refractivity contribution is 7.92. The number of rotatable bonds is 5. The van der Waals surface area contributed by atoms with Gasteiger partial charge < -0.3 is 10.0 Å². The van der Waals surface area contributed by atoms with Crippen LogP contribution in [0.2, 0.25) is 0 Å². The van der Waals surface area contributed by atoms with Gasteiger partial charge in [0.1, 0.15) is 4.75 Å². The van der Waals surface area contributed by atoms with Crippen molar-refractivity contribution in [2.45, 2.75) is 85.6 Å². The summed E-state index contributed by atoms with van der Waals surface area (Å²) < 4.78 is 123. The van der Waals surface area contributed by atoms with E-state index in [0.717, 1.165) is 6.07 Å². The monoisotopic (exact) mass is 649 g/mol. The minimum absolute atomic E-state index is 0.0626. The van der Waals surface area contributed by atoms with E-state index in [4.69, 9.17) is 0 Å². The van der Waals surface area contributed by atoms with Gasteiger partial charge in [0.2, 0.25) is 5.91 Å². The van der Waals surface area contributed by atoms with Crippen molar-refractivity contribution in [3.63, 3.8) is 0 Å². The lowest BCUT2D eigenvalue weighted by Gasteiger charge is -2.45. The van der Waals surface area contributed by atoms with E-state index in [-0.39, 0.29) is 73.4 Å². The van der Waals surface area contributed by atoms with Gasteiger partial charge in [-0.3, -0.25) is 9.59 Å². The van der Waals surface area contributed by atoms with Crippen LogP contribution in [0.25, 0.3) is 0 Å². The molecule has 2 aliphatic carbocycles. The van der Waals surface area contributed by atoms with E-state index in [1.807, 2.05) is 0 Å². The maximum atomic E-state index is 15.0. The van der Waals surface area contributed by atoms with Crippen LogP contribution in [0, 0.1) is 11.3 Å². The summed E-state index contributed by atoms with van der Waals surface area (Å²) >= 11 is 0.